The first-order valence-corrected chi connectivity index (χ1v) is 12.5. The number of carbonyl (C=O) groups excluding carboxylic acids is 1. The van der Waals surface area contributed by atoms with E-state index < -0.39 is 12.0 Å². The summed E-state index contributed by atoms with van der Waals surface area (Å²) in [5.74, 6) is -0.275. The average molecular weight is 525 g/mol. The van der Waals surface area contributed by atoms with E-state index in [-0.39, 0.29) is 18.7 Å². The number of aliphatic carboxylic acids is 1. The van der Waals surface area contributed by atoms with Gasteiger partial charge in [-0.1, -0.05) is 48.5 Å². The van der Waals surface area contributed by atoms with Gasteiger partial charge in [0.05, 0.1) is 43.8 Å². The topological polar surface area (TPSA) is 106 Å². The highest BCUT2D eigenvalue weighted by Crippen LogP contribution is 2.39. The molecule has 3 aromatic carbocycles. The van der Waals surface area contributed by atoms with Crippen molar-refractivity contribution in [1.82, 2.24) is 14.8 Å². The van der Waals surface area contributed by atoms with Gasteiger partial charge in [0.1, 0.15) is 0 Å². The number of ether oxygens (including phenoxy) is 2. The van der Waals surface area contributed by atoms with Crippen molar-refractivity contribution >= 4 is 17.6 Å². The van der Waals surface area contributed by atoms with E-state index in [0.717, 1.165) is 28.1 Å². The highest BCUT2D eigenvalue weighted by Gasteiger charge is 2.36. The summed E-state index contributed by atoms with van der Waals surface area (Å²) in [6.07, 6.45) is 1.89. The molecule has 1 amide bonds. The van der Waals surface area contributed by atoms with Crippen molar-refractivity contribution < 1.29 is 24.2 Å². The minimum Gasteiger partial charge on any atom is -0.493 e. The summed E-state index contributed by atoms with van der Waals surface area (Å²) in [5.41, 5.74) is 4.78. The Bertz CT molecular complexity index is 1520. The summed E-state index contributed by atoms with van der Waals surface area (Å²) in [4.78, 5) is 24.6. The van der Waals surface area contributed by atoms with Gasteiger partial charge in [-0.25, -0.2) is 9.69 Å². The monoisotopic (exact) mass is 524 g/mol. The van der Waals surface area contributed by atoms with Crippen molar-refractivity contribution in [3.8, 4) is 28.4 Å². The number of rotatable bonds is 9. The molecule has 0 spiro atoms. The number of methoxy groups -OCH3 is 2. The quantitative estimate of drug-likeness (QED) is 0.327. The molecule has 2 heterocycles. The molecule has 0 saturated heterocycles. The van der Waals surface area contributed by atoms with Gasteiger partial charge in [0, 0.05) is 35.7 Å². The second-order valence-electron chi connectivity index (χ2n) is 9.05. The third-order valence-corrected chi connectivity index (χ3v) is 6.60. The van der Waals surface area contributed by atoms with Crippen LogP contribution < -0.4 is 9.47 Å². The van der Waals surface area contributed by atoms with Gasteiger partial charge in [0.25, 0.3) is 0 Å². The molecule has 0 radical (unpaired) electrons. The Kier molecular flexibility index (Phi) is 7.40. The van der Waals surface area contributed by atoms with Crippen LogP contribution in [0.1, 0.15) is 36.4 Å². The van der Waals surface area contributed by atoms with Crippen LogP contribution >= 0.6 is 0 Å². The predicted octanol–water partition coefficient (Wildman–Crippen LogP) is 5.10. The van der Waals surface area contributed by atoms with Crippen LogP contribution in [-0.2, 0) is 9.59 Å². The Morgan fingerprint density at radius 2 is 1.59 bits per heavy atom. The van der Waals surface area contributed by atoms with E-state index in [2.05, 4.69) is 0 Å². The number of carbonyl (C=O) groups is 2. The molecule has 4 aromatic rings. The lowest BCUT2D eigenvalue weighted by molar-refractivity contribution is -0.141. The Balaban J connectivity index is 1.60. The van der Waals surface area contributed by atoms with Crippen molar-refractivity contribution in [1.29, 1.82) is 0 Å². The van der Waals surface area contributed by atoms with Crippen LogP contribution in [0.4, 0.5) is 0 Å². The Morgan fingerprint density at radius 1 is 0.897 bits per heavy atom. The van der Waals surface area contributed by atoms with Gasteiger partial charge in [-0.05, 0) is 30.3 Å². The number of carboxylic acid groups (broad SMARTS) is 1. The van der Waals surface area contributed by atoms with E-state index >= 15 is 0 Å². The lowest BCUT2D eigenvalue weighted by Gasteiger charge is -2.21. The lowest BCUT2D eigenvalue weighted by atomic mass is 9.96. The summed E-state index contributed by atoms with van der Waals surface area (Å²) in [7, 11) is 3.13. The maximum Gasteiger partial charge on any atom is 0.303 e. The van der Waals surface area contributed by atoms with Crippen LogP contribution in [0, 0.1) is 0 Å². The summed E-state index contributed by atoms with van der Waals surface area (Å²) in [6, 6.07) is 24.5. The van der Waals surface area contributed by atoms with E-state index in [1.54, 1.807) is 25.0 Å². The summed E-state index contributed by atoms with van der Waals surface area (Å²) >= 11 is 0. The molecule has 9 heteroatoms. The number of carboxylic acids is 1. The van der Waals surface area contributed by atoms with Gasteiger partial charge in [-0.15, -0.1) is 0 Å². The average Bonchev–Trinajstić information content (AvgIpc) is 3.62. The summed E-state index contributed by atoms with van der Waals surface area (Å²) in [6.45, 7) is 0. The molecular weight excluding hydrogens is 496 g/mol. The summed E-state index contributed by atoms with van der Waals surface area (Å²) < 4.78 is 12.6. The second kappa shape index (κ2) is 11.2. The number of nitrogens with zero attached hydrogens (tertiary/aromatic N) is 4. The number of aromatic nitrogens is 2. The minimum atomic E-state index is -1.04. The smallest absolute Gasteiger partial charge is 0.303 e. The fraction of sp³-hybridized carbons (Fsp3) is 0.200. The van der Waals surface area contributed by atoms with Gasteiger partial charge in [-0.2, -0.15) is 10.2 Å². The van der Waals surface area contributed by atoms with Crippen LogP contribution in [-0.4, -0.2) is 51.7 Å². The Labute approximate surface area is 225 Å². The molecule has 1 atom stereocenters. The van der Waals surface area contributed by atoms with Crippen LogP contribution in [0.15, 0.2) is 90.2 Å². The maximum absolute atomic E-state index is 13.3. The molecule has 39 heavy (non-hydrogen) atoms. The first-order valence-electron chi connectivity index (χ1n) is 12.5. The molecular formula is C30H28N4O5. The number of para-hydroxylation sites is 1. The normalized spacial score (nSPS) is 14.7. The third kappa shape index (κ3) is 5.38. The van der Waals surface area contributed by atoms with E-state index in [4.69, 9.17) is 19.7 Å². The molecule has 198 valence electrons. The number of benzene rings is 3. The first-order chi connectivity index (χ1) is 19.0. The van der Waals surface area contributed by atoms with E-state index in [1.807, 2.05) is 79.0 Å². The summed E-state index contributed by atoms with van der Waals surface area (Å²) in [5, 5.41) is 20.2. The van der Waals surface area contributed by atoms with E-state index in [9.17, 15) is 14.7 Å². The second-order valence-corrected chi connectivity index (χ2v) is 9.05. The van der Waals surface area contributed by atoms with Crippen molar-refractivity contribution in [2.75, 3.05) is 14.2 Å². The largest absolute Gasteiger partial charge is 0.493 e. The van der Waals surface area contributed by atoms with Crippen LogP contribution in [0.3, 0.4) is 0 Å². The minimum absolute atomic E-state index is 0.165. The molecule has 0 unspecified atom stereocenters. The number of hydrazone groups is 1. The van der Waals surface area contributed by atoms with Gasteiger partial charge in [-0.3, -0.25) is 9.59 Å². The molecule has 0 aliphatic carbocycles. The number of amides is 1. The zero-order valence-electron chi connectivity index (χ0n) is 21.7. The Morgan fingerprint density at radius 3 is 2.26 bits per heavy atom. The van der Waals surface area contributed by atoms with E-state index in [1.165, 1.54) is 5.01 Å². The predicted molar refractivity (Wildman–Crippen MR) is 146 cm³/mol. The van der Waals surface area contributed by atoms with Gasteiger partial charge >= 0.3 is 5.97 Å². The molecule has 9 nitrogen and oxygen atoms in total. The molecule has 1 N–H and O–H groups in total. The van der Waals surface area contributed by atoms with Gasteiger partial charge in [0.15, 0.2) is 11.5 Å². The first kappa shape index (κ1) is 25.7. The molecule has 0 fully saturated rings. The fourth-order valence-corrected chi connectivity index (χ4v) is 4.67. The fourth-order valence-electron chi connectivity index (χ4n) is 4.67. The van der Waals surface area contributed by atoms with Crippen molar-refractivity contribution in [3.05, 3.63) is 96.2 Å². The van der Waals surface area contributed by atoms with Crippen LogP contribution in [0.25, 0.3) is 16.9 Å². The highest BCUT2D eigenvalue weighted by atomic mass is 16.5. The van der Waals surface area contributed by atoms with E-state index in [0.29, 0.717) is 23.6 Å². The molecule has 5 rings (SSSR count). The zero-order valence-corrected chi connectivity index (χ0v) is 21.7. The Hall–Kier alpha value is -4.92. The van der Waals surface area contributed by atoms with Crippen molar-refractivity contribution in [3.63, 3.8) is 0 Å². The molecule has 1 aromatic heterocycles. The number of hydrogen-bond donors (Lipinski definition) is 1. The zero-order chi connectivity index (χ0) is 27.4. The van der Waals surface area contributed by atoms with Crippen molar-refractivity contribution in [2.45, 2.75) is 25.3 Å². The van der Waals surface area contributed by atoms with Crippen molar-refractivity contribution in [2.24, 2.45) is 5.10 Å². The standard InChI is InChI=1S/C30H28N4O5/c1-38-26-14-13-21(17-27(26)39-2)24-18-25(34(31-24)28(35)15-16-29(36)37)23-19-33(22-11-7-4-8-12-22)32-30(23)20-9-5-3-6-10-20/h3-14,17,19,25H,15-16,18H2,1-2H3,(H,36,37)/t25-/m1/s1. The molecule has 0 bridgehead atoms. The van der Waals surface area contributed by atoms with Crippen LogP contribution in [0.2, 0.25) is 0 Å². The lowest BCUT2D eigenvalue weighted by Crippen LogP contribution is -2.27. The van der Waals surface area contributed by atoms with Gasteiger partial charge in [0.2, 0.25) is 5.91 Å². The van der Waals surface area contributed by atoms with Crippen LogP contribution in [0.5, 0.6) is 11.5 Å². The molecule has 0 saturated carbocycles. The maximum atomic E-state index is 13.3. The van der Waals surface area contributed by atoms with Gasteiger partial charge < -0.3 is 14.6 Å². The molecule has 1 aliphatic rings. The SMILES string of the molecule is COc1ccc(C2=NN(C(=O)CCC(=O)O)[C@@H](c3cn(-c4ccccc4)nc3-c3ccccc3)C2)cc1OC. The third-order valence-electron chi connectivity index (χ3n) is 6.60. The highest BCUT2D eigenvalue weighted by molar-refractivity contribution is 6.04. The number of hydrogen-bond acceptors (Lipinski definition) is 6. The molecule has 1 aliphatic heterocycles.